The Labute approximate surface area is 458 Å². The van der Waals surface area contributed by atoms with Gasteiger partial charge in [-0.25, -0.2) is 9.18 Å². The number of halogens is 1. The van der Waals surface area contributed by atoms with Gasteiger partial charge in [-0.1, -0.05) is 56.7 Å². The van der Waals surface area contributed by atoms with E-state index in [-0.39, 0.29) is 142 Å². The first-order chi connectivity index (χ1) is 37.8. The molecule has 0 saturated carbocycles. The van der Waals surface area contributed by atoms with Gasteiger partial charge in [0.2, 0.25) is 29.5 Å². The van der Waals surface area contributed by atoms with Crippen molar-refractivity contribution in [3.63, 3.8) is 0 Å². The predicted molar refractivity (Wildman–Crippen MR) is 290 cm³/mol. The van der Waals surface area contributed by atoms with Gasteiger partial charge in [-0.15, -0.1) is 0 Å². The van der Waals surface area contributed by atoms with Crippen LogP contribution >= 0.6 is 0 Å². The van der Waals surface area contributed by atoms with Gasteiger partial charge in [0.05, 0.1) is 41.8 Å². The zero-order chi connectivity index (χ0) is 57.0. The molecule has 3 unspecified atom stereocenters. The average molecular weight is 1090 g/mol. The number of hydrogen-bond acceptors (Lipinski definition) is 15. The molecule has 21 heteroatoms. The number of benzene rings is 2. The summed E-state index contributed by atoms with van der Waals surface area (Å²) in [4.78, 5) is 124. The molecule has 1 fully saturated rings. The Morgan fingerprint density at radius 1 is 0.937 bits per heavy atom. The largest absolute Gasteiger partial charge is 0.458 e. The van der Waals surface area contributed by atoms with Gasteiger partial charge in [-0.3, -0.25) is 53.6 Å². The number of likely N-dealkylation sites (tertiary alicyclic amines) is 1. The van der Waals surface area contributed by atoms with E-state index >= 15 is 4.39 Å². The Morgan fingerprint density at radius 2 is 1.70 bits per heavy atom. The molecule has 20 nitrogen and oxygen atoms in total. The summed E-state index contributed by atoms with van der Waals surface area (Å²) < 4.78 is 22.1. The van der Waals surface area contributed by atoms with E-state index in [1.54, 1.807) is 26.8 Å². The summed E-state index contributed by atoms with van der Waals surface area (Å²) in [6.07, 6.45) is 5.12. The van der Waals surface area contributed by atoms with Crippen LogP contribution in [0.15, 0.2) is 58.3 Å². The number of nitrogens with one attached hydrogen (secondary N) is 4. The number of ether oxygens (including phenoxy) is 1. The molecule has 1 aliphatic carbocycles. The highest BCUT2D eigenvalue weighted by Crippen LogP contribution is 2.41. The lowest BCUT2D eigenvalue weighted by atomic mass is 9.80. The molecule has 79 heavy (non-hydrogen) atoms. The highest BCUT2D eigenvalue weighted by Gasteiger charge is 2.45. The number of imide groups is 1. The molecule has 5 atom stereocenters. The topological polar surface area (TPSA) is 275 Å². The van der Waals surface area contributed by atoms with Crippen molar-refractivity contribution < 1.29 is 57.7 Å². The number of aliphatic imine (C=N–C) groups is 1. The molecule has 1 aromatic heterocycles. The van der Waals surface area contributed by atoms with Gasteiger partial charge in [0.1, 0.15) is 18.7 Å². The van der Waals surface area contributed by atoms with Crippen molar-refractivity contribution in [2.75, 3.05) is 39.8 Å². The first kappa shape index (κ1) is 59.6. The molecule has 3 aliphatic heterocycles. The van der Waals surface area contributed by atoms with Crippen molar-refractivity contribution in [3.8, 4) is 0 Å². The fourth-order valence-electron chi connectivity index (χ4n) is 10.5. The minimum Gasteiger partial charge on any atom is -0.458 e. The second-order valence-electron chi connectivity index (χ2n) is 21.0. The number of fused-ring (bicyclic) bond motifs is 2. The minimum atomic E-state index is -2.02. The zero-order valence-electron chi connectivity index (χ0n) is 45.5. The second-order valence-corrected chi connectivity index (χ2v) is 21.0. The van der Waals surface area contributed by atoms with E-state index in [1.165, 1.54) is 21.7 Å². The molecule has 424 valence electrons. The van der Waals surface area contributed by atoms with Gasteiger partial charge in [-0.2, -0.15) is 0 Å². The van der Waals surface area contributed by atoms with Crippen molar-refractivity contribution in [2.24, 2.45) is 10.9 Å². The number of pyridine rings is 1. The van der Waals surface area contributed by atoms with Crippen molar-refractivity contribution in [1.82, 2.24) is 35.6 Å². The number of aromatic nitrogens is 1. The molecule has 5 amide bonds. The van der Waals surface area contributed by atoms with Crippen LogP contribution in [0.2, 0.25) is 0 Å². The van der Waals surface area contributed by atoms with Crippen LogP contribution in [0.5, 0.6) is 0 Å². The van der Waals surface area contributed by atoms with Gasteiger partial charge in [0.15, 0.2) is 17.2 Å². The van der Waals surface area contributed by atoms with Crippen molar-refractivity contribution in [3.05, 3.63) is 104 Å². The van der Waals surface area contributed by atoms with E-state index in [2.05, 4.69) is 26.3 Å². The van der Waals surface area contributed by atoms with Gasteiger partial charge in [0, 0.05) is 94.4 Å². The van der Waals surface area contributed by atoms with Crippen LogP contribution in [0.4, 0.5) is 10.1 Å². The number of carbonyl (C=O) groups excluding carboxylic acids is 8. The first-order valence-corrected chi connectivity index (χ1v) is 27.4. The maximum absolute atomic E-state index is 15.4. The highest BCUT2D eigenvalue weighted by atomic mass is 19.1. The number of allylic oxidation sites excluding steroid dienone is 1. The van der Waals surface area contributed by atoms with Crippen LogP contribution in [0, 0.1) is 18.7 Å². The third kappa shape index (κ3) is 15.0. The number of aliphatic hydroxyl groups is 2. The first-order valence-electron chi connectivity index (χ1n) is 27.4. The molecule has 6 N–H and O–H groups in total. The molecule has 1 saturated heterocycles. The summed E-state index contributed by atoms with van der Waals surface area (Å²) in [7, 11) is 1.81. The Morgan fingerprint density at radius 3 is 2.43 bits per heavy atom. The number of Topliss-reactive ketones (excluding diaryl/α,β-unsaturated/α-hetero) is 2. The summed E-state index contributed by atoms with van der Waals surface area (Å²) in [5.74, 6) is -3.44. The average Bonchev–Trinajstić information content (AvgIpc) is 3.83. The summed E-state index contributed by atoms with van der Waals surface area (Å²) >= 11 is 0. The molecule has 7 rings (SSSR count). The molecule has 0 radical (unpaired) electrons. The Balaban J connectivity index is 0.842. The third-order valence-corrected chi connectivity index (χ3v) is 15.4. The number of esters is 1. The maximum atomic E-state index is 15.4. The second kappa shape index (κ2) is 27.2. The molecule has 0 spiro atoms. The number of rotatable bonds is 27. The molecular weight excluding hydrogens is 1020 g/mol. The Kier molecular flexibility index (Phi) is 20.5. The summed E-state index contributed by atoms with van der Waals surface area (Å²) in [5, 5.41) is 33.7. The summed E-state index contributed by atoms with van der Waals surface area (Å²) in [6.45, 7) is 5.88. The molecular formula is C58H73FN8O12. The number of unbranched alkanes of at least 4 members (excludes halogenated alkanes) is 2. The van der Waals surface area contributed by atoms with Crippen molar-refractivity contribution in [1.29, 1.82) is 0 Å². The van der Waals surface area contributed by atoms with E-state index in [4.69, 9.17) is 4.74 Å². The monoisotopic (exact) mass is 1090 g/mol. The summed E-state index contributed by atoms with van der Waals surface area (Å²) in [6, 6.07) is 10.7. The number of likely N-dealkylation sites (N-methyl/N-ethyl adjacent to an activating group) is 1. The molecule has 2 aromatic carbocycles. The lowest BCUT2D eigenvalue weighted by molar-refractivity contribution is -0.172. The third-order valence-electron chi connectivity index (χ3n) is 15.4. The van der Waals surface area contributed by atoms with Crippen LogP contribution in [0.25, 0.3) is 5.57 Å². The molecule has 3 aromatic rings. The number of carbonyl (C=O) groups is 8. The number of cyclic esters (lactones) is 1. The van der Waals surface area contributed by atoms with Crippen LogP contribution < -0.4 is 26.8 Å². The van der Waals surface area contributed by atoms with E-state index in [9.17, 15) is 53.4 Å². The molecule has 0 bridgehead atoms. The predicted octanol–water partition coefficient (Wildman–Crippen LogP) is 3.26. The minimum absolute atomic E-state index is 0.0167. The van der Waals surface area contributed by atoms with Crippen LogP contribution in [-0.2, 0) is 74.7 Å². The normalized spacial score (nSPS) is 19.9. The van der Waals surface area contributed by atoms with Crippen LogP contribution in [0.1, 0.15) is 130 Å². The highest BCUT2D eigenvalue weighted by molar-refractivity contribution is 6.03. The maximum Gasteiger partial charge on any atom is 0.343 e. The lowest BCUT2D eigenvalue weighted by Crippen LogP contribution is -2.45. The van der Waals surface area contributed by atoms with Gasteiger partial charge >= 0.3 is 5.97 Å². The van der Waals surface area contributed by atoms with Gasteiger partial charge in [-0.05, 0) is 87.2 Å². The smallest absolute Gasteiger partial charge is 0.343 e. The van der Waals surface area contributed by atoms with E-state index in [1.807, 2.05) is 48.4 Å². The zero-order valence-corrected chi connectivity index (χ0v) is 45.5. The number of ketones is 2. The van der Waals surface area contributed by atoms with E-state index in [0.717, 1.165) is 11.1 Å². The summed E-state index contributed by atoms with van der Waals surface area (Å²) in [5.41, 5.74) is 1.83. The van der Waals surface area contributed by atoms with Gasteiger partial charge in [0.25, 0.3) is 5.56 Å². The lowest BCUT2D eigenvalue weighted by Gasteiger charge is -2.32. The van der Waals surface area contributed by atoms with Crippen molar-refractivity contribution >= 4 is 64.5 Å². The standard InChI is InChI=1S/C58H73FN8O12/c1-5-58(78)43-30-38-32-61-47-31-44(59)36(3)40-16-17-45(41(54(40)47)21-26-66(38)56(76)42(43)34-79-57(58)77)63-52(73)22-25-65(4)27-23-60-50(71)20-18-48(69)46(29-37-12-8-6-9-13-37)64-51(72)19-15-39(68)33-62-49(70)14-10-7-11-24-67-53(74)28-35(2)55(67)75/h6,8-9,12-13,21,30-32,35,45-46,51,64,72,78H,5,7,10-11,14-20,22-29,33-34H2,1-4H3,(H,60,71)(H,62,70)(H,63,73)/b41-21+,61-32?/t35?,45-,46?,51?,58-/m0/s1. The molecule has 4 aliphatic rings. The number of hydrogen-bond donors (Lipinski definition) is 6. The quantitative estimate of drug-likeness (QED) is 0.0277. The fraction of sp³-hybridized carbons (Fsp3) is 0.517. The number of aliphatic hydroxyl groups excluding tert-OH is 1. The number of nitrogens with zero attached hydrogens (tertiary/aromatic N) is 4. The SMILES string of the molecule is CC[C@@]1(O)C(=O)OCc2c1cc1n(c2=O)C/C=C2/c3c(cc(F)c(C)c3CC[C@@H]2NC(=O)CCN(C)CCNC(=O)CCC(=O)C(Cc2ccccc2)NC(O)CCC(=O)CNC(=O)CCCCCN2C(=O)CC(C)C2=O)N=C1. The Bertz CT molecular complexity index is 2940. The fourth-order valence-corrected chi connectivity index (χ4v) is 10.5. The van der Waals surface area contributed by atoms with E-state index < -0.39 is 41.3 Å². The van der Waals surface area contributed by atoms with Crippen molar-refractivity contribution in [2.45, 2.75) is 148 Å². The van der Waals surface area contributed by atoms with Crippen LogP contribution in [0.3, 0.4) is 0 Å². The van der Waals surface area contributed by atoms with E-state index in [0.29, 0.717) is 79.8 Å². The molecule has 4 heterocycles. The van der Waals surface area contributed by atoms with Gasteiger partial charge < -0.3 is 40.4 Å². The van der Waals surface area contributed by atoms with Crippen LogP contribution in [-0.4, -0.2) is 136 Å². The Hall–Kier alpha value is -7.07. The number of amides is 5.